The minimum absolute atomic E-state index is 0.0484. The van der Waals surface area contributed by atoms with Gasteiger partial charge in [-0.05, 0) is 55.7 Å². The van der Waals surface area contributed by atoms with E-state index in [0.717, 1.165) is 6.07 Å². The summed E-state index contributed by atoms with van der Waals surface area (Å²) in [5, 5.41) is 18.4. The molecule has 0 heterocycles. The van der Waals surface area contributed by atoms with Gasteiger partial charge < -0.3 is 10.2 Å². The molecule has 8 heteroatoms. The number of anilines is 1. The Hall–Kier alpha value is -2.87. The van der Waals surface area contributed by atoms with Gasteiger partial charge in [-0.25, -0.2) is 18.0 Å². The minimum atomic E-state index is -4.18. The summed E-state index contributed by atoms with van der Waals surface area (Å²) in [6, 6.07) is 6.82. The van der Waals surface area contributed by atoms with Crippen molar-refractivity contribution in [2.24, 2.45) is 0 Å². The molecule has 0 aliphatic heterocycles. The van der Waals surface area contributed by atoms with Crippen molar-refractivity contribution in [1.29, 1.82) is 0 Å². The van der Waals surface area contributed by atoms with Gasteiger partial charge in [0.1, 0.15) is 0 Å². The number of nitrogens with one attached hydrogen (secondary N) is 1. The summed E-state index contributed by atoms with van der Waals surface area (Å²) in [5.74, 6) is -2.52. The molecule has 0 saturated carbocycles. The second-order valence-corrected chi connectivity index (χ2v) is 7.28. The van der Waals surface area contributed by atoms with Crippen LogP contribution in [0.15, 0.2) is 35.2 Å². The van der Waals surface area contributed by atoms with E-state index in [-0.39, 0.29) is 21.7 Å². The van der Waals surface area contributed by atoms with Crippen LogP contribution < -0.4 is 4.72 Å². The predicted molar refractivity (Wildman–Crippen MR) is 91.8 cm³/mol. The maximum atomic E-state index is 12.8. The Kier molecular flexibility index (Phi) is 4.85. The molecule has 2 aromatic rings. The third-order valence-electron chi connectivity index (χ3n) is 3.90. The molecular formula is C17H17NO6S. The minimum Gasteiger partial charge on any atom is -0.478 e. The van der Waals surface area contributed by atoms with E-state index in [4.69, 9.17) is 5.11 Å². The van der Waals surface area contributed by atoms with E-state index in [0.29, 0.717) is 16.7 Å². The van der Waals surface area contributed by atoms with Gasteiger partial charge in [0, 0.05) is 0 Å². The van der Waals surface area contributed by atoms with Crippen LogP contribution in [0.5, 0.6) is 0 Å². The summed E-state index contributed by atoms with van der Waals surface area (Å²) >= 11 is 0. The number of carboxylic acid groups (broad SMARTS) is 2. The summed E-state index contributed by atoms with van der Waals surface area (Å²) < 4.78 is 27.8. The average molecular weight is 363 g/mol. The molecule has 2 aromatic carbocycles. The van der Waals surface area contributed by atoms with Crippen LogP contribution in [0.3, 0.4) is 0 Å². The van der Waals surface area contributed by atoms with Gasteiger partial charge in [-0.15, -0.1) is 0 Å². The largest absolute Gasteiger partial charge is 0.478 e. The number of hydrogen-bond acceptors (Lipinski definition) is 4. The van der Waals surface area contributed by atoms with Gasteiger partial charge in [-0.2, -0.15) is 0 Å². The van der Waals surface area contributed by atoms with Crippen LogP contribution in [0.25, 0.3) is 0 Å². The van der Waals surface area contributed by atoms with Crippen molar-refractivity contribution < 1.29 is 28.2 Å². The van der Waals surface area contributed by atoms with Crippen molar-refractivity contribution in [3.63, 3.8) is 0 Å². The molecule has 7 nitrogen and oxygen atoms in total. The molecule has 0 aliphatic rings. The molecule has 25 heavy (non-hydrogen) atoms. The third-order valence-corrected chi connectivity index (χ3v) is 5.37. The molecule has 2 rings (SSSR count). The molecule has 0 atom stereocenters. The number of carbonyl (C=O) groups is 2. The van der Waals surface area contributed by atoms with Crippen LogP contribution in [-0.2, 0) is 10.0 Å². The zero-order chi connectivity index (χ0) is 18.9. The molecule has 0 aliphatic carbocycles. The maximum absolute atomic E-state index is 12.8. The van der Waals surface area contributed by atoms with E-state index in [1.165, 1.54) is 18.2 Å². The van der Waals surface area contributed by atoms with Crippen LogP contribution in [-0.4, -0.2) is 30.6 Å². The van der Waals surface area contributed by atoms with Crippen molar-refractivity contribution in [2.45, 2.75) is 25.7 Å². The molecule has 0 radical (unpaired) electrons. The van der Waals surface area contributed by atoms with E-state index in [1.54, 1.807) is 26.8 Å². The van der Waals surface area contributed by atoms with Crippen LogP contribution in [0.2, 0.25) is 0 Å². The Labute approximate surface area is 145 Å². The zero-order valence-electron chi connectivity index (χ0n) is 13.8. The van der Waals surface area contributed by atoms with E-state index < -0.39 is 22.0 Å². The Morgan fingerprint density at radius 3 is 2.16 bits per heavy atom. The molecule has 0 fully saturated rings. The molecule has 0 amide bonds. The number of carboxylic acids is 2. The SMILES string of the molecule is Cc1cc(C(=O)O)cc(S(=O)(=O)Nc2c(C)cccc2C(=O)O)c1C. The van der Waals surface area contributed by atoms with E-state index in [9.17, 15) is 23.1 Å². The summed E-state index contributed by atoms with van der Waals surface area (Å²) in [4.78, 5) is 22.4. The molecule has 0 unspecified atom stereocenters. The van der Waals surface area contributed by atoms with E-state index in [2.05, 4.69) is 4.72 Å². The fraction of sp³-hybridized carbons (Fsp3) is 0.176. The quantitative estimate of drug-likeness (QED) is 0.751. The predicted octanol–water partition coefficient (Wildman–Crippen LogP) is 2.81. The van der Waals surface area contributed by atoms with Crippen molar-refractivity contribution in [1.82, 2.24) is 0 Å². The van der Waals surface area contributed by atoms with Gasteiger partial charge in [0.15, 0.2) is 0 Å². The van der Waals surface area contributed by atoms with Gasteiger partial charge in [0.25, 0.3) is 10.0 Å². The summed E-state index contributed by atoms with van der Waals surface area (Å²) in [5.41, 5.74) is 0.936. The lowest BCUT2D eigenvalue weighted by Gasteiger charge is -2.16. The number of hydrogen-bond donors (Lipinski definition) is 3. The second-order valence-electron chi connectivity index (χ2n) is 5.63. The van der Waals surface area contributed by atoms with Gasteiger partial charge >= 0.3 is 11.9 Å². The highest BCUT2D eigenvalue weighted by molar-refractivity contribution is 7.92. The topological polar surface area (TPSA) is 121 Å². The standard InChI is InChI=1S/C17H17NO6S/c1-9-5-4-6-13(17(21)22)15(9)18-25(23,24)14-8-12(16(19)20)7-10(2)11(14)3/h4-8,18H,1-3H3,(H,19,20)(H,21,22). The number of sulfonamides is 1. The lowest BCUT2D eigenvalue weighted by atomic mass is 10.1. The van der Waals surface area contributed by atoms with Crippen molar-refractivity contribution >= 4 is 27.6 Å². The zero-order valence-corrected chi connectivity index (χ0v) is 14.6. The van der Waals surface area contributed by atoms with Crippen LogP contribution in [0.4, 0.5) is 5.69 Å². The van der Waals surface area contributed by atoms with Gasteiger partial charge in [0.2, 0.25) is 0 Å². The molecular weight excluding hydrogens is 346 g/mol. The second kappa shape index (κ2) is 6.56. The molecule has 0 spiro atoms. The van der Waals surface area contributed by atoms with Crippen LogP contribution in [0.1, 0.15) is 37.4 Å². The lowest BCUT2D eigenvalue weighted by molar-refractivity contribution is 0.0686. The third kappa shape index (κ3) is 3.63. The van der Waals surface area contributed by atoms with E-state index >= 15 is 0 Å². The lowest BCUT2D eigenvalue weighted by Crippen LogP contribution is -2.18. The smallest absolute Gasteiger partial charge is 0.337 e. The highest BCUT2D eigenvalue weighted by Gasteiger charge is 2.24. The molecule has 3 N–H and O–H groups in total. The van der Waals surface area contributed by atoms with Gasteiger partial charge in [-0.1, -0.05) is 12.1 Å². The monoisotopic (exact) mass is 363 g/mol. The maximum Gasteiger partial charge on any atom is 0.337 e. The summed E-state index contributed by atoms with van der Waals surface area (Å²) in [7, 11) is -4.18. The number of aromatic carboxylic acids is 2. The van der Waals surface area contributed by atoms with Gasteiger partial charge in [0.05, 0.1) is 21.7 Å². The van der Waals surface area contributed by atoms with Crippen LogP contribution in [0, 0.1) is 20.8 Å². The number of rotatable bonds is 5. The van der Waals surface area contributed by atoms with Gasteiger partial charge in [-0.3, -0.25) is 4.72 Å². The van der Waals surface area contributed by atoms with Crippen molar-refractivity contribution in [3.05, 3.63) is 58.1 Å². The number of para-hydroxylation sites is 1. The first kappa shape index (κ1) is 18.5. The molecule has 0 bridgehead atoms. The normalized spacial score (nSPS) is 11.2. The summed E-state index contributed by atoms with van der Waals surface area (Å²) in [6.45, 7) is 4.75. The Morgan fingerprint density at radius 2 is 1.60 bits per heavy atom. The fourth-order valence-corrected chi connectivity index (χ4v) is 3.90. The van der Waals surface area contributed by atoms with Crippen molar-refractivity contribution in [3.8, 4) is 0 Å². The molecule has 132 valence electrons. The highest BCUT2D eigenvalue weighted by Crippen LogP contribution is 2.27. The van der Waals surface area contributed by atoms with E-state index in [1.807, 2.05) is 0 Å². The summed E-state index contributed by atoms with van der Waals surface area (Å²) in [6.07, 6.45) is 0. The molecule has 0 saturated heterocycles. The Bertz CT molecular complexity index is 979. The average Bonchev–Trinajstić information content (AvgIpc) is 2.50. The molecule has 0 aromatic heterocycles. The van der Waals surface area contributed by atoms with Crippen molar-refractivity contribution in [2.75, 3.05) is 4.72 Å². The number of benzene rings is 2. The Balaban J connectivity index is 2.63. The Morgan fingerprint density at radius 1 is 0.960 bits per heavy atom. The highest BCUT2D eigenvalue weighted by atomic mass is 32.2. The fourth-order valence-electron chi connectivity index (χ4n) is 2.40. The first-order valence-electron chi connectivity index (χ1n) is 7.25. The first-order valence-corrected chi connectivity index (χ1v) is 8.73. The first-order chi connectivity index (χ1) is 11.5. The van der Waals surface area contributed by atoms with Crippen LogP contribution >= 0.6 is 0 Å². The number of aryl methyl sites for hydroxylation is 2.